The Morgan fingerprint density at radius 2 is 1.75 bits per heavy atom. The van der Waals surface area contributed by atoms with E-state index in [2.05, 4.69) is 9.71 Å². The quantitative estimate of drug-likeness (QED) is 0.571. The molecule has 0 radical (unpaired) electrons. The topological polar surface area (TPSA) is 85.4 Å². The van der Waals surface area contributed by atoms with Crippen molar-refractivity contribution >= 4 is 33.4 Å². The SMILES string of the molecule is O=C(CNS(=O)(=O)C=Cc1ccccc1)OCc1csc(-c2ccccc2)n1. The molecule has 0 amide bonds. The summed E-state index contributed by atoms with van der Waals surface area (Å²) in [5, 5.41) is 3.66. The van der Waals surface area contributed by atoms with Crippen LogP contribution >= 0.6 is 11.3 Å². The maximum absolute atomic E-state index is 11.9. The molecule has 6 nitrogen and oxygen atoms in total. The van der Waals surface area contributed by atoms with Crippen LogP contribution in [0.5, 0.6) is 0 Å². The Morgan fingerprint density at radius 3 is 2.46 bits per heavy atom. The molecule has 3 rings (SSSR count). The fourth-order valence-electron chi connectivity index (χ4n) is 2.23. The number of rotatable bonds is 8. The van der Waals surface area contributed by atoms with E-state index in [9.17, 15) is 13.2 Å². The molecule has 0 aliphatic rings. The third kappa shape index (κ3) is 6.12. The number of nitrogens with zero attached hydrogens (tertiary/aromatic N) is 1. The highest BCUT2D eigenvalue weighted by molar-refractivity contribution is 7.92. The average molecular weight is 415 g/mol. The summed E-state index contributed by atoms with van der Waals surface area (Å²) < 4.78 is 31.1. The Hall–Kier alpha value is -2.81. The van der Waals surface area contributed by atoms with Crippen LogP contribution in [0.15, 0.2) is 71.5 Å². The summed E-state index contributed by atoms with van der Waals surface area (Å²) in [4.78, 5) is 16.2. The van der Waals surface area contributed by atoms with Crippen LogP contribution < -0.4 is 4.72 Å². The number of thiazole rings is 1. The second kappa shape index (κ2) is 9.41. The number of sulfonamides is 1. The molecule has 1 aromatic heterocycles. The van der Waals surface area contributed by atoms with E-state index >= 15 is 0 Å². The minimum Gasteiger partial charge on any atom is -0.458 e. The van der Waals surface area contributed by atoms with Crippen LogP contribution in [-0.4, -0.2) is 25.9 Å². The summed E-state index contributed by atoms with van der Waals surface area (Å²) in [5.74, 6) is -0.675. The molecule has 0 aliphatic carbocycles. The summed E-state index contributed by atoms with van der Waals surface area (Å²) in [7, 11) is -3.73. The number of aromatic nitrogens is 1. The highest BCUT2D eigenvalue weighted by Gasteiger charge is 2.11. The predicted molar refractivity (Wildman–Crippen MR) is 110 cm³/mol. The lowest BCUT2D eigenvalue weighted by molar-refractivity contribution is -0.143. The lowest BCUT2D eigenvalue weighted by Gasteiger charge is -2.04. The van der Waals surface area contributed by atoms with Crippen LogP contribution in [0.25, 0.3) is 16.6 Å². The molecular formula is C20H18N2O4S2. The van der Waals surface area contributed by atoms with E-state index in [1.165, 1.54) is 17.4 Å². The van der Waals surface area contributed by atoms with Gasteiger partial charge in [-0.1, -0.05) is 60.7 Å². The number of nitrogens with one attached hydrogen (secondary N) is 1. The lowest BCUT2D eigenvalue weighted by atomic mass is 10.2. The second-order valence-corrected chi connectivity index (χ2v) is 8.26. The Morgan fingerprint density at radius 1 is 1.07 bits per heavy atom. The molecular weight excluding hydrogens is 396 g/mol. The number of hydrogen-bond acceptors (Lipinski definition) is 6. The van der Waals surface area contributed by atoms with E-state index in [0.29, 0.717) is 5.69 Å². The van der Waals surface area contributed by atoms with E-state index in [1.54, 1.807) is 24.3 Å². The third-order valence-electron chi connectivity index (χ3n) is 3.61. The molecule has 0 saturated heterocycles. The summed E-state index contributed by atoms with van der Waals surface area (Å²) >= 11 is 1.45. The summed E-state index contributed by atoms with van der Waals surface area (Å²) in [5.41, 5.74) is 2.35. The minimum absolute atomic E-state index is 0.0102. The highest BCUT2D eigenvalue weighted by Crippen LogP contribution is 2.23. The van der Waals surface area contributed by atoms with Crippen molar-refractivity contribution in [3.05, 3.63) is 82.7 Å². The fraction of sp³-hybridized carbons (Fsp3) is 0.100. The van der Waals surface area contributed by atoms with Gasteiger partial charge in [0.05, 0.1) is 5.69 Å². The zero-order valence-electron chi connectivity index (χ0n) is 14.8. The van der Waals surface area contributed by atoms with Crippen molar-refractivity contribution in [2.45, 2.75) is 6.61 Å². The summed E-state index contributed by atoms with van der Waals surface area (Å²) in [6.45, 7) is -0.457. The first-order chi connectivity index (χ1) is 13.5. The van der Waals surface area contributed by atoms with Gasteiger partial charge in [0, 0.05) is 16.4 Å². The van der Waals surface area contributed by atoms with Gasteiger partial charge in [-0.25, -0.2) is 18.1 Å². The smallest absolute Gasteiger partial charge is 0.321 e. The van der Waals surface area contributed by atoms with Gasteiger partial charge in [-0.2, -0.15) is 0 Å². The van der Waals surface area contributed by atoms with E-state index in [0.717, 1.165) is 21.5 Å². The average Bonchev–Trinajstić information content (AvgIpc) is 3.20. The van der Waals surface area contributed by atoms with Crippen LogP contribution in [0, 0.1) is 0 Å². The zero-order chi connectivity index (χ0) is 19.8. The monoisotopic (exact) mass is 414 g/mol. The second-order valence-electron chi connectivity index (χ2n) is 5.75. The van der Waals surface area contributed by atoms with E-state index in [4.69, 9.17) is 4.74 Å². The van der Waals surface area contributed by atoms with Crippen LogP contribution in [0.2, 0.25) is 0 Å². The number of carbonyl (C=O) groups is 1. The van der Waals surface area contributed by atoms with E-state index in [1.807, 2.05) is 41.8 Å². The van der Waals surface area contributed by atoms with Gasteiger partial charge in [0.1, 0.15) is 18.2 Å². The standard InChI is InChI=1S/C20H18N2O4S2/c23-19(13-21-28(24,25)12-11-16-7-3-1-4-8-16)26-14-18-15-27-20(22-18)17-9-5-2-6-10-17/h1-12,15,21H,13-14H2. The molecule has 0 spiro atoms. The number of benzene rings is 2. The van der Waals surface area contributed by atoms with Gasteiger partial charge >= 0.3 is 5.97 Å². The van der Waals surface area contributed by atoms with Gasteiger partial charge in [-0.3, -0.25) is 4.79 Å². The molecule has 0 unspecified atom stereocenters. The summed E-state index contributed by atoms with van der Waals surface area (Å²) in [6.07, 6.45) is 1.45. The van der Waals surface area contributed by atoms with Gasteiger partial charge in [0.2, 0.25) is 10.0 Å². The van der Waals surface area contributed by atoms with Gasteiger partial charge in [-0.05, 0) is 11.6 Å². The molecule has 1 heterocycles. The maximum Gasteiger partial charge on any atom is 0.321 e. The third-order valence-corrected chi connectivity index (χ3v) is 5.59. The van der Waals surface area contributed by atoms with E-state index in [-0.39, 0.29) is 6.61 Å². The van der Waals surface area contributed by atoms with Gasteiger partial charge in [-0.15, -0.1) is 11.3 Å². The van der Waals surface area contributed by atoms with Crippen molar-refractivity contribution in [3.8, 4) is 10.6 Å². The lowest BCUT2D eigenvalue weighted by Crippen LogP contribution is -2.29. The minimum atomic E-state index is -3.73. The molecule has 0 aliphatic heterocycles. The number of ether oxygens (including phenoxy) is 1. The van der Waals surface area contributed by atoms with Crippen molar-refractivity contribution in [3.63, 3.8) is 0 Å². The Bertz CT molecular complexity index is 1050. The predicted octanol–water partition coefficient (Wildman–Crippen LogP) is 3.44. The van der Waals surface area contributed by atoms with Gasteiger partial charge in [0.25, 0.3) is 0 Å². The van der Waals surface area contributed by atoms with Crippen LogP contribution in [0.3, 0.4) is 0 Å². The van der Waals surface area contributed by atoms with E-state index < -0.39 is 22.5 Å². The summed E-state index contributed by atoms with van der Waals surface area (Å²) in [6, 6.07) is 18.7. The zero-order valence-corrected chi connectivity index (χ0v) is 16.4. The molecule has 2 aromatic carbocycles. The molecule has 8 heteroatoms. The number of esters is 1. The van der Waals surface area contributed by atoms with Crippen LogP contribution in [0.1, 0.15) is 11.3 Å². The highest BCUT2D eigenvalue weighted by atomic mass is 32.2. The number of hydrogen-bond donors (Lipinski definition) is 1. The molecule has 144 valence electrons. The first kappa shape index (κ1) is 19.9. The molecule has 0 saturated carbocycles. The molecule has 0 atom stereocenters. The van der Waals surface area contributed by atoms with Crippen molar-refractivity contribution in [2.75, 3.05) is 6.54 Å². The van der Waals surface area contributed by atoms with Crippen molar-refractivity contribution < 1.29 is 17.9 Å². The molecule has 0 fully saturated rings. The van der Waals surface area contributed by atoms with Crippen molar-refractivity contribution in [1.82, 2.24) is 9.71 Å². The fourth-order valence-corrected chi connectivity index (χ4v) is 3.79. The first-order valence-corrected chi connectivity index (χ1v) is 10.8. The maximum atomic E-state index is 11.9. The largest absolute Gasteiger partial charge is 0.458 e. The molecule has 28 heavy (non-hydrogen) atoms. The Kier molecular flexibility index (Phi) is 6.70. The van der Waals surface area contributed by atoms with Gasteiger partial charge < -0.3 is 4.74 Å². The van der Waals surface area contributed by atoms with Crippen molar-refractivity contribution in [1.29, 1.82) is 0 Å². The van der Waals surface area contributed by atoms with Crippen molar-refractivity contribution in [2.24, 2.45) is 0 Å². The molecule has 3 aromatic rings. The normalized spacial score (nSPS) is 11.6. The Labute approximate surface area is 167 Å². The Balaban J connectivity index is 1.47. The van der Waals surface area contributed by atoms with Crippen LogP contribution in [0.4, 0.5) is 0 Å². The first-order valence-electron chi connectivity index (χ1n) is 8.40. The molecule has 0 bridgehead atoms. The number of carbonyl (C=O) groups excluding carboxylic acids is 1. The van der Waals surface area contributed by atoms with Crippen LogP contribution in [-0.2, 0) is 26.2 Å². The van der Waals surface area contributed by atoms with Gasteiger partial charge in [0.15, 0.2) is 0 Å². The molecule has 1 N–H and O–H groups in total.